The van der Waals surface area contributed by atoms with Gasteiger partial charge in [-0.15, -0.1) is 0 Å². The van der Waals surface area contributed by atoms with Crippen molar-refractivity contribution in [1.29, 1.82) is 0 Å². The topological polar surface area (TPSA) is 46.5 Å². The second-order valence-corrected chi connectivity index (χ2v) is 6.36. The first-order chi connectivity index (χ1) is 6.92. The maximum absolute atomic E-state index is 11.6. The lowest BCUT2D eigenvalue weighted by molar-refractivity contribution is 0.599. The fourth-order valence-corrected chi connectivity index (χ4v) is 4.05. The second-order valence-electron chi connectivity index (χ2n) is 3.77. The number of halogens is 1. The summed E-state index contributed by atoms with van der Waals surface area (Å²) in [7, 11) is -3.43. The summed E-state index contributed by atoms with van der Waals surface area (Å²) in [5, 5.41) is 0. The zero-order chi connectivity index (χ0) is 11.2. The van der Waals surface area contributed by atoms with Crippen molar-refractivity contribution >= 4 is 36.3 Å². The second kappa shape index (κ2) is 3.55. The van der Waals surface area contributed by atoms with Crippen LogP contribution < -0.4 is 0 Å². The van der Waals surface area contributed by atoms with Crippen molar-refractivity contribution in [3.8, 4) is 0 Å². The number of hydrogen-bond acceptors (Lipinski definition) is 2. The maximum Gasteiger partial charge on any atom is 0.284 e. The van der Waals surface area contributed by atoms with Gasteiger partial charge in [0, 0.05) is 5.56 Å². The number of sulfonamides is 1. The van der Waals surface area contributed by atoms with Gasteiger partial charge in [0.15, 0.2) is 0 Å². The highest BCUT2D eigenvalue weighted by molar-refractivity contribution is 14.1. The van der Waals surface area contributed by atoms with Gasteiger partial charge in [-0.3, -0.25) is 0 Å². The standard InChI is InChI=1S/C10H10INO2S/c1-6(2)7-3-4-8-9(5-7)15(13,14)12-10(8)11/h3-6H,1-2H3. The summed E-state index contributed by atoms with van der Waals surface area (Å²) in [6.07, 6.45) is 0. The summed E-state index contributed by atoms with van der Waals surface area (Å²) < 4.78 is 27.5. The molecule has 0 unspecified atom stereocenters. The summed E-state index contributed by atoms with van der Waals surface area (Å²) >= 11 is 1.95. The molecule has 0 N–H and O–H groups in total. The van der Waals surface area contributed by atoms with E-state index in [-0.39, 0.29) is 0 Å². The molecule has 3 nitrogen and oxygen atoms in total. The third-order valence-electron chi connectivity index (χ3n) is 2.37. The van der Waals surface area contributed by atoms with Crippen LogP contribution in [0.3, 0.4) is 0 Å². The first-order valence-corrected chi connectivity index (χ1v) is 7.08. The first-order valence-electron chi connectivity index (χ1n) is 4.56. The van der Waals surface area contributed by atoms with Gasteiger partial charge in [0.25, 0.3) is 10.0 Å². The predicted molar refractivity (Wildman–Crippen MR) is 68.3 cm³/mol. The Kier molecular flexibility index (Phi) is 2.62. The van der Waals surface area contributed by atoms with Gasteiger partial charge < -0.3 is 0 Å². The third kappa shape index (κ3) is 1.82. The highest BCUT2D eigenvalue weighted by atomic mass is 127. The molecule has 1 heterocycles. The van der Waals surface area contributed by atoms with E-state index in [0.29, 0.717) is 14.5 Å². The molecule has 15 heavy (non-hydrogen) atoms. The molecule has 0 saturated carbocycles. The molecule has 0 fully saturated rings. The molecule has 1 aliphatic heterocycles. The van der Waals surface area contributed by atoms with Crippen molar-refractivity contribution in [2.24, 2.45) is 4.40 Å². The summed E-state index contributed by atoms with van der Waals surface area (Å²) in [6, 6.07) is 5.52. The first kappa shape index (κ1) is 11.1. The van der Waals surface area contributed by atoms with Gasteiger partial charge in [0.2, 0.25) is 0 Å². The quantitative estimate of drug-likeness (QED) is 0.741. The lowest BCUT2D eigenvalue weighted by Crippen LogP contribution is -1.97. The van der Waals surface area contributed by atoms with Crippen LogP contribution in [0.2, 0.25) is 0 Å². The Hall–Kier alpha value is -0.430. The van der Waals surface area contributed by atoms with Crippen molar-refractivity contribution in [3.05, 3.63) is 29.3 Å². The van der Waals surface area contributed by atoms with Crippen LogP contribution in [0.25, 0.3) is 0 Å². The van der Waals surface area contributed by atoms with Crippen LogP contribution in [-0.2, 0) is 10.0 Å². The molecular weight excluding hydrogens is 325 g/mol. The van der Waals surface area contributed by atoms with Crippen molar-refractivity contribution in [2.45, 2.75) is 24.7 Å². The van der Waals surface area contributed by atoms with E-state index in [2.05, 4.69) is 4.40 Å². The predicted octanol–water partition coefficient (Wildman–Crippen LogP) is 2.69. The van der Waals surface area contributed by atoms with Gasteiger partial charge in [-0.1, -0.05) is 26.0 Å². The van der Waals surface area contributed by atoms with E-state index in [1.165, 1.54) is 0 Å². The van der Waals surface area contributed by atoms with Gasteiger partial charge in [-0.05, 0) is 40.1 Å². The number of benzene rings is 1. The molecule has 1 aromatic rings. The Labute approximate surface area is 103 Å². The van der Waals surface area contributed by atoms with Gasteiger partial charge in [-0.2, -0.15) is 12.8 Å². The molecule has 0 atom stereocenters. The molecule has 0 spiro atoms. The zero-order valence-corrected chi connectivity index (χ0v) is 11.3. The van der Waals surface area contributed by atoms with Crippen molar-refractivity contribution in [3.63, 3.8) is 0 Å². The van der Waals surface area contributed by atoms with Crippen LogP contribution in [0.15, 0.2) is 27.5 Å². The lowest BCUT2D eigenvalue weighted by atomic mass is 10.0. The Morgan fingerprint density at radius 3 is 2.60 bits per heavy atom. The smallest absolute Gasteiger partial charge is 0.199 e. The average molecular weight is 335 g/mol. The molecule has 0 radical (unpaired) electrons. The normalized spacial score (nSPS) is 17.7. The molecule has 0 amide bonds. The van der Waals surface area contributed by atoms with E-state index in [0.717, 1.165) is 11.1 Å². The minimum atomic E-state index is -3.43. The van der Waals surface area contributed by atoms with Crippen LogP contribution in [0.5, 0.6) is 0 Å². The van der Waals surface area contributed by atoms with Crippen molar-refractivity contribution < 1.29 is 8.42 Å². The fraction of sp³-hybridized carbons (Fsp3) is 0.300. The Morgan fingerprint density at radius 2 is 2.00 bits per heavy atom. The Balaban J connectivity index is 2.68. The van der Waals surface area contributed by atoms with E-state index in [4.69, 9.17) is 0 Å². The van der Waals surface area contributed by atoms with Crippen LogP contribution in [-0.4, -0.2) is 12.1 Å². The van der Waals surface area contributed by atoms with E-state index >= 15 is 0 Å². The molecule has 1 aromatic carbocycles. The Morgan fingerprint density at radius 1 is 1.33 bits per heavy atom. The highest BCUT2D eigenvalue weighted by Gasteiger charge is 2.27. The van der Waals surface area contributed by atoms with Gasteiger partial charge in [0.1, 0.15) is 3.72 Å². The SMILES string of the molecule is CC(C)c1ccc2c(c1)S(=O)(=O)N=C2I. The van der Waals surface area contributed by atoms with Crippen LogP contribution in [0.1, 0.15) is 30.9 Å². The van der Waals surface area contributed by atoms with Gasteiger partial charge in [-0.25, -0.2) is 0 Å². The zero-order valence-electron chi connectivity index (χ0n) is 8.36. The number of fused-ring (bicyclic) bond motifs is 1. The van der Waals surface area contributed by atoms with Crippen LogP contribution >= 0.6 is 22.6 Å². The van der Waals surface area contributed by atoms with Gasteiger partial charge >= 0.3 is 0 Å². The summed E-state index contributed by atoms with van der Waals surface area (Å²) in [6.45, 7) is 4.07. The molecule has 0 saturated heterocycles. The van der Waals surface area contributed by atoms with Crippen LogP contribution in [0.4, 0.5) is 0 Å². The minimum Gasteiger partial charge on any atom is -0.199 e. The molecule has 80 valence electrons. The number of hydrogen-bond donors (Lipinski definition) is 0. The highest BCUT2D eigenvalue weighted by Crippen LogP contribution is 2.31. The Bertz CT molecular complexity index is 547. The lowest BCUT2D eigenvalue weighted by Gasteiger charge is -2.06. The summed E-state index contributed by atoms with van der Waals surface area (Å²) in [5.41, 5.74) is 1.75. The van der Waals surface area contributed by atoms with E-state index < -0.39 is 10.0 Å². The van der Waals surface area contributed by atoms with Crippen molar-refractivity contribution in [2.75, 3.05) is 0 Å². The monoisotopic (exact) mass is 335 g/mol. The van der Waals surface area contributed by atoms with Crippen molar-refractivity contribution in [1.82, 2.24) is 0 Å². The molecule has 0 aliphatic carbocycles. The minimum absolute atomic E-state index is 0.323. The maximum atomic E-state index is 11.6. The number of rotatable bonds is 1. The largest absolute Gasteiger partial charge is 0.284 e. The van der Waals surface area contributed by atoms with Crippen LogP contribution in [0, 0.1) is 0 Å². The molecule has 1 aliphatic rings. The van der Waals surface area contributed by atoms with E-state index in [1.54, 1.807) is 6.07 Å². The third-order valence-corrected chi connectivity index (χ3v) is 4.84. The fourth-order valence-electron chi connectivity index (χ4n) is 1.49. The average Bonchev–Trinajstić information content (AvgIpc) is 2.37. The molecule has 5 heteroatoms. The molecule has 0 aromatic heterocycles. The molecular formula is C10H10INO2S. The molecule has 2 rings (SSSR count). The molecule has 0 bridgehead atoms. The summed E-state index contributed by atoms with van der Waals surface area (Å²) in [4.78, 5) is 0.345. The summed E-state index contributed by atoms with van der Waals surface area (Å²) in [5.74, 6) is 0.323. The number of nitrogens with zero attached hydrogens (tertiary/aromatic N) is 1. The van der Waals surface area contributed by atoms with E-state index in [1.807, 2.05) is 48.6 Å². The van der Waals surface area contributed by atoms with Gasteiger partial charge in [0.05, 0.1) is 4.90 Å². The van der Waals surface area contributed by atoms with E-state index in [9.17, 15) is 8.42 Å².